The molecule has 0 radical (unpaired) electrons. The van der Waals surface area contributed by atoms with Gasteiger partial charge in [0.1, 0.15) is 0 Å². The second kappa shape index (κ2) is 151. The van der Waals surface area contributed by atoms with E-state index in [1.165, 1.54) is 501 Å². The van der Waals surface area contributed by atoms with E-state index >= 15 is 0 Å². The summed E-state index contributed by atoms with van der Waals surface area (Å²) in [5.41, 5.74) is 0. The van der Waals surface area contributed by atoms with Crippen molar-refractivity contribution in [1.29, 1.82) is 0 Å². The van der Waals surface area contributed by atoms with Crippen LogP contribution < -0.4 is 0 Å². The van der Waals surface area contributed by atoms with Crippen LogP contribution in [0.3, 0.4) is 0 Å². The molecule has 0 aliphatic carbocycles. The Morgan fingerprint density at radius 1 is 0.145 bits per heavy atom. The normalized spacial score (nSPS) is 11.4. The number of aliphatic hydroxyl groups excluding tert-OH is 2. The first kappa shape index (κ1) is 155. The Bertz CT molecular complexity index is 2200. The van der Waals surface area contributed by atoms with E-state index < -0.39 is 47.9 Å². The average molecular weight is 2050 g/mol. The highest BCUT2D eigenvalue weighted by molar-refractivity contribution is 5.68. The van der Waals surface area contributed by atoms with Gasteiger partial charge < -0.3 is 46.0 Å². The van der Waals surface area contributed by atoms with Crippen molar-refractivity contribution < 1.29 is 79.5 Å². The molecule has 0 saturated carbocycles. The van der Waals surface area contributed by atoms with Crippen molar-refractivity contribution >= 4 is 41.8 Å². The summed E-state index contributed by atoms with van der Waals surface area (Å²) in [6.45, 7) is 17.2. The summed E-state index contributed by atoms with van der Waals surface area (Å²) in [6, 6.07) is 0. The molecule has 0 rings (SSSR count). The number of carbonyl (C=O) groups is 7. The number of unbranched alkanes of at least 4 members (excludes halogenated alkanes) is 77. The lowest BCUT2D eigenvalue weighted by Crippen LogP contribution is -2.03. The number of allylic oxidation sites excluding steroid dienone is 14. The molecule has 1 unspecified atom stereocenters. The van der Waals surface area contributed by atoms with E-state index in [1.807, 2.05) is 0 Å². The van der Waals surface area contributed by atoms with Gasteiger partial charge in [-0.15, -0.1) is 0 Å². The van der Waals surface area contributed by atoms with Gasteiger partial charge in [-0.2, -0.15) is 0 Å². The van der Waals surface area contributed by atoms with Gasteiger partial charge in [0.25, 0.3) is 0 Å². The molecule has 0 bridgehead atoms. The van der Waals surface area contributed by atoms with Gasteiger partial charge in [0.15, 0.2) is 0 Å². The zero-order valence-electron chi connectivity index (χ0n) is 97.0. The number of carboxylic acid groups (broad SMARTS) is 7. The Hall–Kier alpha value is -5.61. The molecular formula is C129H246O16. The lowest BCUT2D eigenvalue weighted by molar-refractivity contribution is -0.138. The van der Waals surface area contributed by atoms with Crippen LogP contribution in [0.15, 0.2) is 85.1 Å². The van der Waals surface area contributed by atoms with Crippen LogP contribution in [0.25, 0.3) is 0 Å². The van der Waals surface area contributed by atoms with Crippen LogP contribution in [0, 0.1) is 0 Å². The van der Waals surface area contributed by atoms with E-state index in [9.17, 15) is 33.6 Å². The van der Waals surface area contributed by atoms with Crippen LogP contribution >= 0.6 is 0 Å². The van der Waals surface area contributed by atoms with Crippen molar-refractivity contribution in [3.8, 4) is 0 Å². The molecule has 0 spiro atoms. The van der Waals surface area contributed by atoms with Crippen molar-refractivity contribution in [2.75, 3.05) is 6.61 Å². The SMILES string of the molecule is CC(O)CO.CCCCCCCCC=CCCCCCCCC(=O)O.CCCCCCCCC=CCCCCCCCC(=O)O.CCCCCCCCC=CCCCCCCCC(=O)O.CCCCCCCCC=CCCCCCCCC(=O)O.CCCCCCCCC=CCCCCCCCC(=O)O.CCCCCCCCC=CCCCCCCCC(=O)O.CCCCCCCCC=CCCCCCCCC(=O)O. The maximum Gasteiger partial charge on any atom is 0.303 e. The molecule has 0 aliphatic rings. The first-order chi connectivity index (χ1) is 70.7. The molecule has 0 heterocycles. The zero-order chi connectivity index (χ0) is 109. The number of carboxylic acids is 7. The van der Waals surface area contributed by atoms with Gasteiger partial charge >= 0.3 is 41.8 Å². The Morgan fingerprint density at radius 2 is 0.214 bits per heavy atom. The number of aliphatic carboxylic acids is 7. The molecule has 145 heavy (non-hydrogen) atoms. The smallest absolute Gasteiger partial charge is 0.303 e. The van der Waals surface area contributed by atoms with Crippen LogP contribution in [0.4, 0.5) is 0 Å². The Labute approximate surface area is 898 Å². The molecule has 16 nitrogen and oxygen atoms in total. The van der Waals surface area contributed by atoms with Crippen molar-refractivity contribution in [3.05, 3.63) is 85.1 Å². The molecule has 1 atom stereocenters. The van der Waals surface area contributed by atoms with Crippen molar-refractivity contribution in [2.45, 2.75) is 691 Å². The van der Waals surface area contributed by atoms with E-state index in [1.54, 1.807) is 0 Å². The second-order valence-electron chi connectivity index (χ2n) is 41.1. The van der Waals surface area contributed by atoms with Gasteiger partial charge in [0.05, 0.1) is 12.7 Å². The first-order valence-corrected chi connectivity index (χ1v) is 62.0. The molecule has 0 fully saturated rings. The van der Waals surface area contributed by atoms with Crippen LogP contribution in [0.5, 0.6) is 0 Å². The summed E-state index contributed by atoms with van der Waals surface area (Å²) in [5.74, 6) is -4.65. The lowest BCUT2D eigenvalue weighted by Gasteiger charge is -1.99. The summed E-state index contributed by atoms with van der Waals surface area (Å²) in [5, 5.41) is 75.6. The number of rotatable bonds is 106. The Morgan fingerprint density at radius 3 is 0.283 bits per heavy atom. The fraction of sp³-hybridized carbons (Fsp3) is 0.837. The third kappa shape index (κ3) is 193. The minimum absolute atomic E-state index is 0.139. The highest BCUT2D eigenvalue weighted by Gasteiger charge is 2.05. The van der Waals surface area contributed by atoms with E-state index in [0.29, 0.717) is 44.9 Å². The van der Waals surface area contributed by atoms with Gasteiger partial charge in [0, 0.05) is 44.9 Å². The van der Waals surface area contributed by atoms with Gasteiger partial charge in [-0.3, -0.25) is 33.6 Å². The van der Waals surface area contributed by atoms with Gasteiger partial charge in [-0.05, 0) is 232 Å². The summed E-state index contributed by atoms with van der Waals surface area (Å²) in [4.78, 5) is 72.3. The highest BCUT2D eigenvalue weighted by atomic mass is 16.4. The zero-order valence-corrected chi connectivity index (χ0v) is 97.0. The summed E-state index contributed by atoms with van der Waals surface area (Å²) in [7, 11) is 0. The van der Waals surface area contributed by atoms with E-state index in [0.717, 1.165) is 89.9 Å². The monoisotopic (exact) mass is 2050 g/mol. The van der Waals surface area contributed by atoms with Crippen molar-refractivity contribution in [1.82, 2.24) is 0 Å². The summed E-state index contributed by atoms with van der Waals surface area (Å²) in [6.07, 6.45) is 148. The topological polar surface area (TPSA) is 302 Å². The van der Waals surface area contributed by atoms with Crippen molar-refractivity contribution in [3.63, 3.8) is 0 Å². The van der Waals surface area contributed by atoms with E-state index in [2.05, 4.69) is 134 Å². The van der Waals surface area contributed by atoms with E-state index in [-0.39, 0.29) is 6.61 Å². The second-order valence-corrected chi connectivity index (χ2v) is 41.1. The minimum Gasteiger partial charge on any atom is -0.481 e. The molecule has 9 N–H and O–H groups in total. The molecule has 16 heteroatoms. The van der Waals surface area contributed by atoms with Crippen LogP contribution in [0.2, 0.25) is 0 Å². The van der Waals surface area contributed by atoms with Gasteiger partial charge in [-0.25, -0.2) is 0 Å². The Balaban J connectivity index is -0.000000249. The molecule has 0 aromatic rings. The molecule has 858 valence electrons. The fourth-order valence-corrected chi connectivity index (χ4v) is 16.4. The molecule has 0 aromatic carbocycles. The predicted octanol–water partition coefficient (Wildman–Crippen LogP) is 42.1. The summed E-state index contributed by atoms with van der Waals surface area (Å²) < 4.78 is 0. The molecule has 0 saturated heterocycles. The number of hydrogen-bond acceptors (Lipinski definition) is 9. The number of hydrogen-bond donors (Lipinski definition) is 9. The van der Waals surface area contributed by atoms with Crippen LogP contribution in [-0.4, -0.2) is 100 Å². The summed E-state index contributed by atoms with van der Waals surface area (Å²) >= 11 is 0. The molecular weight excluding hydrogens is 1810 g/mol. The van der Waals surface area contributed by atoms with Crippen LogP contribution in [-0.2, 0) is 33.6 Å². The van der Waals surface area contributed by atoms with E-state index in [4.69, 9.17) is 46.0 Å². The maximum absolute atomic E-state index is 10.3. The largest absolute Gasteiger partial charge is 0.481 e. The van der Waals surface area contributed by atoms with Crippen molar-refractivity contribution in [2.24, 2.45) is 0 Å². The molecule has 0 aliphatic heterocycles. The third-order valence-electron chi connectivity index (χ3n) is 25.8. The predicted molar refractivity (Wildman–Crippen MR) is 628 cm³/mol. The van der Waals surface area contributed by atoms with Gasteiger partial charge in [0.2, 0.25) is 0 Å². The van der Waals surface area contributed by atoms with Gasteiger partial charge in [-0.1, -0.05) is 493 Å². The molecule has 0 amide bonds. The number of aliphatic hydroxyl groups is 2. The Kier molecular flexibility index (Phi) is 161. The maximum atomic E-state index is 10.3. The quantitative estimate of drug-likeness (QED) is 0.0202. The average Bonchev–Trinajstić information content (AvgIpc) is 1.09. The fourth-order valence-electron chi connectivity index (χ4n) is 16.4. The molecule has 0 aromatic heterocycles. The minimum atomic E-state index is -0.664. The van der Waals surface area contributed by atoms with Crippen LogP contribution in [0.1, 0.15) is 685 Å². The lowest BCUT2D eigenvalue weighted by atomic mass is 10.1. The standard InChI is InChI=1S/7C18H34O2.C3H8O2/c7*1-2-3-4-5-6-7-8-9-10-11-12-13-14-15-16-17-18(19)20;1-3(5)2-4/h7*9-10H,2-8,11-17H2,1H3,(H,19,20);3-5H,2H2,1H3. The first-order valence-electron chi connectivity index (χ1n) is 62.0. The third-order valence-corrected chi connectivity index (χ3v) is 25.8. The highest BCUT2D eigenvalue weighted by Crippen LogP contribution is 2.20.